The van der Waals surface area contributed by atoms with Crippen molar-refractivity contribution in [2.24, 2.45) is 4.99 Å². The third kappa shape index (κ3) is 4.01. The van der Waals surface area contributed by atoms with Crippen molar-refractivity contribution in [3.8, 4) is 0 Å². The van der Waals surface area contributed by atoms with Gasteiger partial charge in [0.15, 0.2) is 4.80 Å². The monoisotopic (exact) mass is 472 g/mol. The maximum atomic E-state index is 13.6. The number of benzene rings is 2. The van der Waals surface area contributed by atoms with E-state index in [1.54, 1.807) is 22.8 Å². The molecular formula is C26H20N2O3S2. The number of nitrogens with zero attached hydrogens (tertiary/aromatic N) is 2. The number of thiophene rings is 1. The maximum Gasteiger partial charge on any atom is 0.338 e. The maximum absolute atomic E-state index is 13.6. The van der Waals surface area contributed by atoms with Crippen LogP contribution in [0.3, 0.4) is 0 Å². The van der Waals surface area contributed by atoms with Crippen LogP contribution in [0.15, 0.2) is 92.9 Å². The highest BCUT2D eigenvalue weighted by Crippen LogP contribution is 2.34. The van der Waals surface area contributed by atoms with Gasteiger partial charge in [0.2, 0.25) is 0 Å². The smallest absolute Gasteiger partial charge is 0.338 e. The number of esters is 1. The highest BCUT2D eigenvalue weighted by Gasteiger charge is 2.34. The average molecular weight is 473 g/mol. The Kier molecular flexibility index (Phi) is 5.90. The molecular weight excluding hydrogens is 452 g/mol. The van der Waals surface area contributed by atoms with Crippen LogP contribution in [0, 0.1) is 0 Å². The highest BCUT2D eigenvalue weighted by molar-refractivity contribution is 7.08. The standard InChI is InChI=1S/C26H20N2O3S2/c1-2-31-25(30)21-22(18-9-5-3-6-10-18)27-26-28(23(21)19-11-7-4-8-12-19)24(29)20(33-26)15-17-13-14-32-16-17/h3-16,23H,2H2,1H3/t23-/m0/s1. The fourth-order valence-corrected chi connectivity index (χ4v) is 5.52. The molecule has 0 aliphatic carbocycles. The van der Waals surface area contributed by atoms with E-state index in [0.717, 1.165) is 16.7 Å². The fraction of sp³-hybridized carbons (Fsp3) is 0.115. The van der Waals surface area contributed by atoms with Gasteiger partial charge in [-0.15, -0.1) is 0 Å². The van der Waals surface area contributed by atoms with Gasteiger partial charge in [0.25, 0.3) is 5.56 Å². The molecule has 4 aromatic rings. The Morgan fingerprint density at radius 1 is 1.09 bits per heavy atom. The number of rotatable bonds is 5. The van der Waals surface area contributed by atoms with Gasteiger partial charge in [0.1, 0.15) is 0 Å². The summed E-state index contributed by atoms with van der Waals surface area (Å²) >= 11 is 2.91. The van der Waals surface area contributed by atoms with Crippen LogP contribution in [0.5, 0.6) is 0 Å². The van der Waals surface area contributed by atoms with Crippen molar-refractivity contribution in [3.05, 3.63) is 119 Å². The normalized spacial score (nSPS) is 15.8. The summed E-state index contributed by atoms with van der Waals surface area (Å²) in [7, 11) is 0. The Balaban J connectivity index is 1.85. The minimum Gasteiger partial charge on any atom is -0.463 e. The molecule has 1 atom stereocenters. The van der Waals surface area contributed by atoms with Gasteiger partial charge in [0.05, 0.1) is 28.5 Å². The van der Waals surface area contributed by atoms with E-state index in [0.29, 0.717) is 20.6 Å². The summed E-state index contributed by atoms with van der Waals surface area (Å²) in [5.74, 6) is -0.471. The number of fused-ring (bicyclic) bond motifs is 1. The van der Waals surface area contributed by atoms with Gasteiger partial charge in [-0.05, 0) is 41.0 Å². The van der Waals surface area contributed by atoms with Crippen LogP contribution < -0.4 is 14.9 Å². The SMILES string of the molecule is CCOC(=O)C1=C(c2ccccc2)N=c2sc(=Cc3ccsc3)c(=O)n2[C@H]1c1ccccc1. The highest BCUT2D eigenvalue weighted by atomic mass is 32.1. The van der Waals surface area contributed by atoms with E-state index in [1.165, 1.54) is 11.3 Å². The van der Waals surface area contributed by atoms with Gasteiger partial charge in [-0.2, -0.15) is 11.3 Å². The number of ether oxygens (including phenoxy) is 1. The summed E-state index contributed by atoms with van der Waals surface area (Å²) in [5.41, 5.74) is 3.32. The summed E-state index contributed by atoms with van der Waals surface area (Å²) in [6, 6.07) is 20.5. The molecule has 0 bridgehead atoms. The molecule has 2 aromatic carbocycles. The number of hydrogen-bond acceptors (Lipinski definition) is 6. The first-order valence-electron chi connectivity index (χ1n) is 10.5. The molecule has 0 fully saturated rings. The second kappa shape index (κ2) is 9.13. The third-order valence-corrected chi connectivity index (χ3v) is 7.01. The van der Waals surface area contributed by atoms with Crippen LogP contribution >= 0.6 is 22.7 Å². The zero-order valence-electron chi connectivity index (χ0n) is 17.8. The Labute approximate surface area is 198 Å². The average Bonchev–Trinajstić information content (AvgIpc) is 3.47. The molecule has 0 spiro atoms. The molecule has 0 saturated carbocycles. The number of carbonyl (C=O) groups excluding carboxylic acids is 1. The van der Waals surface area contributed by atoms with Gasteiger partial charge in [-0.1, -0.05) is 72.0 Å². The van der Waals surface area contributed by atoms with Crippen molar-refractivity contribution in [1.82, 2.24) is 4.57 Å². The molecule has 2 aromatic heterocycles. The van der Waals surface area contributed by atoms with Crippen molar-refractivity contribution in [1.29, 1.82) is 0 Å². The molecule has 0 amide bonds. The van der Waals surface area contributed by atoms with Crippen molar-refractivity contribution in [3.63, 3.8) is 0 Å². The van der Waals surface area contributed by atoms with E-state index in [1.807, 2.05) is 83.6 Å². The lowest BCUT2D eigenvalue weighted by atomic mass is 9.93. The van der Waals surface area contributed by atoms with E-state index in [4.69, 9.17) is 9.73 Å². The number of hydrogen-bond donors (Lipinski definition) is 0. The summed E-state index contributed by atoms with van der Waals surface area (Å²) in [6.45, 7) is 2.00. The fourth-order valence-electron chi connectivity index (χ4n) is 3.90. The van der Waals surface area contributed by atoms with Crippen molar-refractivity contribution >= 4 is 40.4 Å². The van der Waals surface area contributed by atoms with Gasteiger partial charge in [0, 0.05) is 5.56 Å². The topological polar surface area (TPSA) is 60.7 Å². The second-order valence-corrected chi connectivity index (χ2v) is 9.19. The summed E-state index contributed by atoms with van der Waals surface area (Å²) < 4.78 is 7.65. The van der Waals surface area contributed by atoms with E-state index < -0.39 is 12.0 Å². The first-order valence-corrected chi connectivity index (χ1v) is 12.3. The summed E-state index contributed by atoms with van der Waals surface area (Å²) in [5, 5.41) is 3.97. The third-order valence-electron chi connectivity index (χ3n) is 5.33. The lowest BCUT2D eigenvalue weighted by Gasteiger charge is -2.25. The van der Waals surface area contributed by atoms with Crippen LogP contribution in [0.25, 0.3) is 11.8 Å². The Hall–Kier alpha value is -3.55. The van der Waals surface area contributed by atoms with E-state index >= 15 is 0 Å². The van der Waals surface area contributed by atoms with Gasteiger partial charge >= 0.3 is 5.97 Å². The lowest BCUT2D eigenvalue weighted by Crippen LogP contribution is -2.39. The van der Waals surface area contributed by atoms with Gasteiger partial charge in [-0.3, -0.25) is 9.36 Å². The van der Waals surface area contributed by atoms with Crippen LogP contribution in [0.1, 0.15) is 29.7 Å². The molecule has 33 heavy (non-hydrogen) atoms. The predicted molar refractivity (Wildman–Crippen MR) is 132 cm³/mol. The second-order valence-electron chi connectivity index (χ2n) is 7.40. The first-order chi connectivity index (χ1) is 16.2. The lowest BCUT2D eigenvalue weighted by molar-refractivity contribution is -0.138. The van der Waals surface area contributed by atoms with Gasteiger partial charge in [-0.25, -0.2) is 9.79 Å². The quantitative estimate of drug-likeness (QED) is 0.413. The minimum absolute atomic E-state index is 0.173. The first kappa shape index (κ1) is 21.3. The summed E-state index contributed by atoms with van der Waals surface area (Å²) in [4.78, 5) is 32.3. The van der Waals surface area contributed by atoms with Gasteiger partial charge < -0.3 is 4.74 Å². The molecule has 7 heteroatoms. The van der Waals surface area contributed by atoms with E-state index in [2.05, 4.69) is 0 Å². The molecule has 3 heterocycles. The Morgan fingerprint density at radius 2 is 1.82 bits per heavy atom. The predicted octanol–water partition coefficient (Wildman–Crippen LogP) is 4.00. The van der Waals surface area contributed by atoms with E-state index in [-0.39, 0.29) is 12.2 Å². The molecule has 5 nitrogen and oxygen atoms in total. The van der Waals surface area contributed by atoms with E-state index in [9.17, 15) is 9.59 Å². The Bertz CT molecular complexity index is 1500. The minimum atomic E-state index is -0.638. The van der Waals surface area contributed by atoms with Crippen molar-refractivity contribution < 1.29 is 9.53 Å². The molecule has 0 saturated heterocycles. The number of carbonyl (C=O) groups is 1. The zero-order valence-corrected chi connectivity index (χ0v) is 19.4. The summed E-state index contributed by atoms with van der Waals surface area (Å²) in [6.07, 6.45) is 1.87. The van der Waals surface area contributed by atoms with Crippen LogP contribution in [0.2, 0.25) is 0 Å². The molecule has 0 N–H and O–H groups in total. The zero-order chi connectivity index (χ0) is 22.8. The molecule has 0 radical (unpaired) electrons. The molecule has 164 valence electrons. The molecule has 1 aliphatic rings. The molecule has 0 unspecified atom stereocenters. The molecule has 5 rings (SSSR count). The Morgan fingerprint density at radius 3 is 2.48 bits per heavy atom. The number of aromatic nitrogens is 1. The largest absolute Gasteiger partial charge is 0.463 e. The number of thiazole rings is 1. The van der Waals surface area contributed by atoms with Crippen molar-refractivity contribution in [2.75, 3.05) is 6.61 Å². The van der Waals surface area contributed by atoms with Crippen LogP contribution in [-0.4, -0.2) is 17.1 Å². The van der Waals surface area contributed by atoms with Crippen LogP contribution in [0.4, 0.5) is 0 Å². The van der Waals surface area contributed by atoms with Crippen LogP contribution in [-0.2, 0) is 9.53 Å². The van der Waals surface area contributed by atoms with Crippen molar-refractivity contribution in [2.45, 2.75) is 13.0 Å². The molecule has 1 aliphatic heterocycles.